The molecule has 2 unspecified atom stereocenters. The lowest BCUT2D eigenvalue weighted by atomic mass is 10.1. The molecular weight excluding hydrogens is 250 g/mol. The molecule has 6 heteroatoms. The van der Waals surface area contributed by atoms with Crippen molar-refractivity contribution in [2.45, 2.75) is 36.2 Å². The summed E-state index contributed by atoms with van der Waals surface area (Å²) in [7, 11) is 0. The molecule has 1 aliphatic heterocycles. The summed E-state index contributed by atoms with van der Waals surface area (Å²) in [4.78, 5) is 18.1. The van der Waals surface area contributed by atoms with E-state index in [1.54, 1.807) is 18.0 Å². The van der Waals surface area contributed by atoms with Gasteiger partial charge < -0.3 is 15.0 Å². The second-order valence-electron chi connectivity index (χ2n) is 4.32. The van der Waals surface area contributed by atoms with E-state index in [9.17, 15) is 4.79 Å². The minimum Gasteiger partial charge on any atom is -0.380 e. The third-order valence-corrected chi connectivity index (χ3v) is 4.07. The molecule has 5 nitrogen and oxygen atoms in total. The lowest BCUT2D eigenvalue weighted by molar-refractivity contribution is 0.0832. The maximum Gasteiger partial charge on any atom is 0.251 e. The van der Waals surface area contributed by atoms with E-state index in [2.05, 4.69) is 22.2 Å². The Bertz CT molecular complexity index is 424. The van der Waals surface area contributed by atoms with Crippen molar-refractivity contribution in [3.05, 3.63) is 22.6 Å². The van der Waals surface area contributed by atoms with Crippen LogP contribution in [0.3, 0.4) is 0 Å². The van der Waals surface area contributed by atoms with E-state index in [0.717, 1.165) is 26.0 Å². The van der Waals surface area contributed by atoms with Crippen molar-refractivity contribution in [2.75, 3.05) is 19.8 Å². The van der Waals surface area contributed by atoms with E-state index in [4.69, 9.17) is 4.74 Å². The fourth-order valence-electron chi connectivity index (χ4n) is 1.95. The third-order valence-electron chi connectivity index (χ3n) is 2.87. The SMILES string of the molecule is CCCNC1CCOCC1Sc1nccc(=O)[nH]1. The van der Waals surface area contributed by atoms with Gasteiger partial charge in [0, 0.05) is 24.9 Å². The molecule has 0 radical (unpaired) electrons. The Morgan fingerprint density at radius 1 is 1.67 bits per heavy atom. The highest BCUT2D eigenvalue weighted by molar-refractivity contribution is 7.99. The number of aromatic amines is 1. The average Bonchev–Trinajstić information content (AvgIpc) is 2.38. The molecule has 2 atom stereocenters. The Morgan fingerprint density at radius 2 is 2.56 bits per heavy atom. The van der Waals surface area contributed by atoms with Gasteiger partial charge in [-0.25, -0.2) is 4.98 Å². The largest absolute Gasteiger partial charge is 0.380 e. The second kappa shape index (κ2) is 6.92. The number of nitrogens with zero attached hydrogens (tertiary/aromatic N) is 1. The second-order valence-corrected chi connectivity index (χ2v) is 5.55. The van der Waals surface area contributed by atoms with Gasteiger partial charge in [-0.2, -0.15) is 0 Å². The summed E-state index contributed by atoms with van der Waals surface area (Å²) in [5, 5.41) is 4.51. The van der Waals surface area contributed by atoms with Gasteiger partial charge in [0.2, 0.25) is 0 Å². The van der Waals surface area contributed by atoms with Gasteiger partial charge in [-0.3, -0.25) is 4.79 Å². The molecule has 2 rings (SSSR count). The Labute approximate surface area is 111 Å². The highest BCUT2D eigenvalue weighted by Crippen LogP contribution is 2.25. The van der Waals surface area contributed by atoms with E-state index >= 15 is 0 Å². The van der Waals surface area contributed by atoms with Crippen molar-refractivity contribution in [3.8, 4) is 0 Å². The van der Waals surface area contributed by atoms with Crippen molar-refractivity contribution in [1.29, 1.82) is 0 Å². The molecule has 0 amide bonds. The molecule has 1 aliphatic rings. The number of nitrogens with one attached hydrogen (secondary N) is 2. The summed E-state index contributed by atoms with van der Waals surface area (Å²) < 4.78 is 5.51. The zero-order valence-corrected chi connectivity index (χ0v) is 11.3. The number of rotatable bonds is 5. The lowest BCUT2D eigenvalue weighted by Gasteiger charge is -2.31. The van der Waals surface area contributed by atoms with Gasteiger partial charge in [-0.05, 0) is 19.4 Å². The minimum atomic E-state index is -0.109. The summed E-state index contributed by atoms with van der Waals surface area (Å²) in [5.41, 5.74) is -0.109. The van der Waals surface area contributed by atoms with Gasteiger partial charge >= 0.3 is 0 Å². The first kappa shape index (κ1) is 13.6. The predicted octanol–water partition coefficient (Wildman–Crippen LogP) is 1.02. The van der Waals surface area contributed by atoms with Gasteiger partial charge in [-0.15, -0.1) is 0 Å². The molecule has 1 saturated heterocycles. The zero-order chi connectivity index (χ0) is 12.8. The highest BCUT2D eigenvalue weighted by atomic mass is 32.2. The fraction of sp³-hybridized carbons (Fsp3) is 0.667. The zero-order valence-electron chi connectivity index (χ0n) is 10.5. The Hall–Kier alpha value is -0.850. The molecule has 100 valence electrons. The molecule has 2 N–H and O–H groups in total. The molecule has 0 bridgehead atoms. The monoisotopic (exact) mass is 269 g/mol. The van der Waals surface area contributed by atoms with Gasteiger partial charge in [-0.1, -0.05) is 18.7 Å². The molecule has 2 heterocycles. The van der Waals surface area contributed by atoms with Crippen LogP contribution in [0.2, 0.25) is 0 Å². The van der Waals surface area contributed by atoms with E-state index in [-0.39, 0.29) is 5.56 Å². The Kier molecular flexibility index (Phi) is 5.22. The van der Waals surface area contributed by atoms with E-state index in [1.807, 2.05) is 0 Å². The van der Waals surface area contributed by atoms with Gasteiger partial charge in [0.1, 0.15) is 0 Å². The molecule has 18 heavy (non-hydrogen) atoms. The maximum absolute atomic E-state index is 11.2. The summed E-state index contributed by atoms with van der Waals surface area (Å²) >= 11 is 1.58. The molecule has 0 aliphatic carbocycles. The fourth-order valence-corrected chi connectivity index (χ4v) is 3.08. The van der Waals surface area contributed by atoms with E-state index < -0.39 is 0 Å². The first-order valence-corrected chi connectivity index (χ1v) is 7.20. The number of aromatic nitrogens is 2. The van der Waals surface area contributed by atoms with Crippen molar-refractivity contribution >= 4 is 11.8 Å². The summed E-state index contributed by atoms with van der Waals surface area (Å²) in [5.74, 6) is 0. The normalized spacial score (nSPS) is 24.1. The van der Waals surface area contributed by atoms with Crippen LogP contribution in [0.1, 0.15) is 19.8 Å². The molecule has 0 saturated carbocycles. The molecule has 1 aromatic heterocycles. The quantitative estimate of drug-likeness (QED) is 0.781. The van der Waals surface area contributed by atoms with Crippen molar-refractivity contribution < 1.29 is 4.74 Å². The molecule has 1 fully saturated rings. The van der Waals surface area contributed by atoms with Crippen molar-refractivity contribution in [2.24, 2.45) is 0 Å². The Morgan fingerprint density at radius 3 is 3.33 bits per heavy atom. The standard InChI is InChI=1S/C12H19N3O2S/c1-2-5-13-9-4-7-17-8-10(9)18-12-14-6-3-11(16)15-12/h3,6,9-10,13H,2,4-5,7-8H2,1H3,(H,14,15,16). The summed E-state index contributed by atoms with van der Waals surface area (Å²) in [6.07, 6.45) is 3.67. The van der Waals surface area contributed by atoms with Crippen molar-refractivity contribution in [3.63, 3.8) is 0 Å². The van der Waals surface area contributed by atoms with E-state index in [1.165, 1.54) is 6.07 Å². The van der Waals surface area contributed by atoms with Crippen LogP contribution in [-0.2, 0) is 4.74 Å². The number of thioether (sulfide) groups is 1. The van der Waals surface area contributed by atoms with Crippen LogP contribution in [0.25, 0.3) is 0 Å². The van der Waals surface area contributed by atoms with Crippen molar-refractivity contribution in [1.82, 2.24) is 15.3 Å². The van der Waals surface area contributed by atoms with Crippen LogP contribution < -0.4 is 10.9 Å². The summed E-state index contributed by atoms with van der Waals surface area (Å²) in [6, 6.07) is 1.85. The molecule has 0 spiro atoms. The van der Waals surface area contributed by atoms with Crippen LogP contribution in [0.15, 0.2) is 22.2 Å². The number of H-pyrrole nitrogens is 1. The van der Waals surface area contributed by atoms with Gasteiger partial charge in [0.15, 0.2) is 5.16 Å². The van der Waals surface area contributed by atoms with Crippen LogP contribution in [0, 0.1) is 0 Å². The smallest absolute Gasteiger partial charge is 0.251 e. The lowest BCUT2D eigenvalue weighted by Crippen LogP contribution is -2.45. The van der Waals surface area contributed by atoms with Crippen LogP contribution in [-0.4, -0.2) is 41.0 Å². The Balaban J connectivity index is 1.98. The van der Waals surface area contributed by atoms with Crippen LogP contribution in [0.5, 0.6) is 0 Å². The van der Waals surface area contributed by atoms with E-state index in [0.29, 0.717) is 23.1 Å². The topological polar surface area (TPSA) is 67.0 Å². The number of hydrogen-bond donors (Lipinski definition) is 2. The highest BCUT2D eigenvalue weighted by Gasteiger charge is 2.26. The minimum absolute atomic E-state index is 0.109. The predicted molar refractivity (Wildman–Crippen MR) is 72.0 cm³/mol. The molecular formula is C12H19N3O2S. The molecule has 1 aromatic rings. The molecule has 0 aromatic carbocycles. The average molecular weight is 269 g/mol. The van der Waals surface area contributed by atoms with Crippen LogP contribution >= 0.6 is 11.8 Å². The summed E-state index contributed by atoms with van der Waals surface area (Å²) in [6.45, 7) is 4.67. The van der Waals surface area contributed by atoms with Gasteiger partial charge in [0.05, 0.1) is 11.9 Å². The first-order valence-electron chi connectivity index (χ1n) is 6.32. The number of ether oxygens (including phenoxy) is 1. The third kappa shape index (κ3) is 3.83. The number of hydrogen-bond acceptors (Lipinski definition) is 5. The first-order chi connectivity index (χ1) is 8.79. The van der Waals surface area contributed by atoms with Crippen LogP contribution in [0.4, 0.5) is 0 Å². The van der Waals surface area contributed by atoms with Gasteiger partial charge in [0.25, 0.3) is 5.56 Å². The maximum atomic E-state index is 11.2.